The number of halogens is 4. The van der Waals surface area contributed by atoms with Crippen LogP contribution in [0, 0.1) is 0 Å². The minimum absolute atomic E-state index is 0.363. The molecular weight excluding hydrogens is 275 g/mol. The van der Waals surface area contributed by atoms with Crippen molar-refractivity contribution in [1.29, 1.82) is 0 Å². The summed E-state index contributed by atoms with van der Waals surface area (Å²) in [6.07, 6.45) is -2.33. The molecule has 0 aliphatic rings. The number of nitrogens with zero attached hydrogens (tertiary/aromatic N) is 2. The molecule has 0 spiro atoms. The Hall–Kier alpha value is -0.850. The smallest absolute Gasteiger partial charge is 0.366 e. The largest absolute Gasteiger partial charge is 0.391 e. The number of hydrogen-bond donors (Lipinski definition) is 1. The first kappa shape index (κ1) is 12.2. The molecule has 84 valence electrons. The Morgan fingerprint density at radius 2 is 2.20 bits per heavy atom. The van der Waals surface area contributed by atoms with E-state index in [-0.39, 0.29) is 0 Å². The van der Waals surface area contributed by atoms with Crippen LogP contribution in [-0.4, -0.2) is 22.2 Å². The van der Waals surface area contributed by atoms with Gasteiger partial charge in [0.15, 0.2) is 0 Å². The molecule has 0 aliphatic carbocycles. The van der Waals surface area contributed by atoms with Crippen molar-refractivity contribution in [3.63, 3.8) is 0 Å². The summed E-state index contributed by atoms with van der Waals surface area (Å²) < 4.78 is 36.6. The van der Waals surface area contributed by atoms with Crippen molar-refractivity contribution in [2.75, 3.05) is 5.32 Å². The Labute approximate surface area is 93.2 Å². The maximum absolute atomic E-state index is 12.0. The van der Waals surface area contributed by atoms with Crippen molar-refractivity contribution >= 4 is 21.7 Å². The zero-order chi connectivity index (χ0) is 11.5. The molecule has 0 saturated heterocycles. The van der Waals surface area contributed by atoms with Gasteiger partial charge in [0, 0.05) is 12.2 Å². The number of anilines is 1. The van der Waals surface area contributed by atoms with Gasteiger partial charge in [-0.1, -0.05) is 0 Å². The van der Waals surface area contributed by atoms with E-state index in [1.807, 2.05) is 0 Å². The standard InChI is InChI=1S/C8H9BrF3N3/c1-5(2-8(10,11)12)15-7-6(9)3-13-4-14-7/h3-5H,2H2,1H3,(H,13,14,15). The molecule has 0 radical (unpaired) electrons. The van der Waals surface area contributed by atoms with Crippen LogP contribution in [0.1, 0.15) is 13.3 Å². The molecule has 1 aromatic rings. The fraction of sp³-hybridized carbons (Fsp3) is 0.500. The summed E-state index contributed by atoms with van der Waals surface area (Å²) in [5.41, 5.74) is 0. The number of rotatable bonds is 3. The van der Waals surface area contributed by atoms with E-state index in [0.29, 0.717) is 10.3 Å². The maximum Gasteiger partial charge on any atom is 0.391 e. The van der Waals surface area contributed by atoms with Gasteiger partial charge in [0.1, 0.15) is 12.1 Å². The average Bonchev–Trinajstić information content (AvgIpc) is 2.05. The van der Waals surface area contributed by atoms with Gasteiger partial charge in [0.2, 0.25) is 0 Å². The fourth-order valence-corrected chi connectivity index (χ4v) is 1.39. The quantitative estimate of drug-likeness (QED) is 0.927. The van der Waals surface area contributed by atoms with Gasteiger partial charge < -0.3 is 5.32 Å². The normalized spacial score (nSPS) is 13.7. The summed E-state index contributed by atoms with van der Waals surface area (Å²) >= 11 is 3.14. The van der Waals surface area contributed by atoms with Crippen LogP contribution in [0.5, 0.6) is 0 Å². The molecule has 0 amide bonds. The van der Waals surface area contributed by atoms with Crippen LogP contribution >= 0.6 is 15.9 Å². The van der Waals surface area contributed by atoms with Gasteiger partial charge in [-0.2, -0.15) is 13.2 Å². The molecule has 1 unspecified atom stereocenters. The summed E-state index contributed by atoms with van der Waals surface area (Å²) in [4.78, 5) is 7.52. The van der Waals surface area contributed by atoms with Crippen LogP contribution in [0.15, 0.2) is 17.0 Å². The lowest BCUT2D eigenvalue weighted by molar-refractivity contribution is -0.136. The molecule has 0 aromatic carbocycles. The SMILES string of the molecule is CC(CC(F)(F)F)Nc1ncncc1Br. The second kappa shape index (κ2) is 4.78. The molecular formula is C8H9BrF3N3. The van der Waals surface area contributed by atoms with E-state index < -0.39 is 18.6 Å². The third-order valence-corrected chi connectivity index (χ3v) is 2.17. The Balaban J connectivity index is 2.59. The van der Waals surface area contributed by atoms with E-state index in [0.717, 1.165) is 0 Å². The first-order valence-electron chi connectivity index (χ1n) is 4.17. The minimum atomic E-state index is -4.17. The van der Waals surface area contributed by atoms with E-state index >= 15 is 0 Å². The Morgan fingerprint density at radius 3 is 2.73 bits per heavy atom. The predicted octanol–water partition coefficient (Wildman–Crippen LogP) is 2.99. The summed E-state index contributed by atoms with van der Waals surface area (Å²) in [5.74, 6) is 0.363. The van der Waals surface area contributed by atoms with Gasteiger partial charge in [-0.05, 0) is 22.9 Å². The van der Waals surface area contributed by atoms with Gasteiger partial charge in [-0.3, -0.25) is 0 Å². The number of nitrogens with one attached hydrogen (secondary N) is 1. The van der Waals surface area contributed by atoms with Crippen molar-refractivity contribution in [2.24, 2.45) is 0 Å². The van der Waals surface area contributed by atoms with Crippen LogP contribution in [0.4, 0.5) is 19.0 Å². The van der Waals surface area contributed by atoms with Gasteiger partial charge in [0.05, 0.1) is 10.9 Å². The molecule has 0 bridgehead atoms. The lowest BCUT2D eigenvalue weighted by Crippen LogP contribution is -2.24. The number of aromatic nitrogens is 2. The van der Waals surface area contributed by atoms with Gasteiger partial charge >= 0.3 is 6.18 Å². The highest BCUT2D eigenvalue weighted by Crippen LogP contribution is 2.24. The highest BCUT2D eigenvalue weighted by molar-refractivity contribution is 9.10. The highest BCUT2D eigenvalue weighted by atomic mass is 79.9. The van der Waals surface area contributed by atoms with Gasteiger partial charge in [-0.15, -0.1) is 0 Å². The van der Waals surface area contributed by atoms with Crippen molar-refractivity contribution < 1.29 is 13.2 Å². The summed E-state index contributed by atoms with van der Waals surface area (Å²) in [6.45, 7) is 1.45. The monoisotopic (exact) mass is 283 g/mol. The Bertz CT molecular complexity index is 329. The third kappa shape index (κ3) is 4.46. The first-order valence-corrected chi connectivity index (χ1v) is 4.96. The number of hydrogen-bond acceptors (Lipinski definition) is 3. The molecule has 1 rings (SSSR count). The topological polar surface area (TPSA) is 37.8 Å². The molecule has 1 atom stereocenters. The van der Waals surface area contributed by atoms with E-state index in [9.17, 15) is 13.2 Å². The van der Waals surface area contributed by atoms with E-state index in [2.05, 4.69) is 31.2 Å². The van der Waals surface area contributed by atoms with E-state index in [1.54, 1.807) is 0 Å². The van der Waals surface area contributed by atoms with Crippen LogP contribution in [0.25, 0.3) is 0 Å². The minimum Gasteiger partial charge on any atom is -0.366 e. The summed E-state index contributed by atoms with van der Waals surface area (Å²) in [5, 5.41) is 2.65. The van der Waals surface area contributed by atoms with E-state index in [1.165, 1.54) is 19.4 Å². The van der Waals surface area contributed by atoms with E-state index in [4.69, 9.17) is 0 Å². The van der Waals surface area contributed by atoms with Gasteiger partial charge in [-0.25, -0.2) is 9.97 Å². The summed E-state index contributed by atoms with van der Waals surface area (Å²) in [6, 6.07) is -0.726. The van der Waals surface area contributed by atoms with Crippen molar-refractivity contribution in [1.82, 2.24) is 9.97 Å². The van der Waals surface area contributed by atoms with Crippen molar-refractivity contribution in [3.05, 3.63) is 17.0 Å². The molecule has 0 aliphatic heterocycles. The highest BCUT2D eigenvalue weighted by Gasteiger charge is 2.30. The summed E-state index contributed by atoms with van der Waals surface area (Å²) in [7, 11) is 0. The lowest BCUT2D eigenvalue weighted by atomic mass is 10.2. The molecule has 7 heteroatoms. The molecule has 1 N–H and O–H groups in total. The van der Waals surface area contributed by atoms with Crippen LogP contribution < -0.4 is 5.32 Å². The second-order valence-electron chi connectivity index (χ2n) is 3.08. The zero-order valence-electron chi connectivity index (χ0n) is 7.85. The van der Waals surface area contributed by atoms with Crippen LogP contribution in [0.3, 0.4) is 0 Å². The third-order valence-electron chi connectivity index (χ3n) is 1.59. The molecule has 0 fully saturated rings. The molecule has 15 heavy (non-hydrogen) atoms. The molecule has 1 heterocycles. The van der Waals surface area contributed by atoms with Crippen LogP contribution in [0.2, 0.25) is 0 Å². The zero-order valence-corrected chi connectivity index (χ0v) is 9.43. The maximum atomic E-state index is 12.0. The Morgan fingerprint density at radius 1 is 1.53 bits per heavy atom. The lowest BCUT2D eigenvalue weighted by Gasteiger charge is -2.16. The Kier molecular flexibility index (Phi) is 3.90. The van der Waals surface area contributed by atoms with Crippen LogP contribution in [-0.2, 0) is 0 Å². The van der Waals surface area contributed by atoms with Crippen molar-refractivity contribution in [3.8, 4) is 0 Å². The van der Waals surface area contributed by atoms with Gasteiger partial charge in [0.25, 0.3) is 0 Å². The molecule has 0 saturated carbocycles. The molecule has 1 aromatic heterocycles. The number of alkyl halides is 3. The van der Waals surface area contributed by atoms with Crippen molar-refractivity contribution in [2.45, 2.75) is 25.6 Å². The first-order chi connectivity index (χ1) is 6.88. The average molecular weight is 284 g/mol. The molecule has 3 nitrogen and oxygen atoms in total. The fourth-order valence-electron chi connectivity index (χ4n) is 1.05. The second-order valence-corrected chi connectivity index (χ2v) is 3.94. The predicted molar refractivity (Wildman–Crippen MR) is 53.5 cm³/mol.